The van der Waals surface area contributed by atoms with Crippen molar-refractivity contribution in [3.63, 3.8) is 0 Å². The van der Waals surface area contributed by atoms with E-state index in [1.807, 2.05) is 6.07 Å². The van der Waals surface area contributed by atoms with Gasteiger partial charge in [-0.2, -0.15) is 0 Å². The summed E-state index contributed by atoms with van der Waals surface area (Å²) in [6, 6.07) is 11.4. The summed E-state index contributed by atoms with van der Waals surface area (Å²) in [4.78, 5) is 42.4. The molecule has 0 atom stereocenters. The number of carbonyl (C=O) groups excluding carboxylic acids is 2. The molecule has 0 aliphatic rings. The highest BCUT2D eigenvalue weighted by Gasteiger charge is 2.27. The predicted molar refractivity (Wildman–Crippen MR) is 121 cm³/mol. The lowest BCUT2D eigenvalue weighted by molar-refractivity contribution is -0.394. The molecule has 0 heterocycles. The Morgan fingerprint density at radius 1 is 0.903 bits per heavy atom. The first-order valence-corrected chi connectivity index (χ1v) is 8.50. The molecule has 0 aliphatic heterocycles. The molecule has 2 rings (SSSR count). The molecule has 2 N–H and O–H groups in total. The van der Waals surface area contributed by atoms with Crippen LogP contribution in [0.25, 0.3) is 0 Å². The van der Waals surface area contributed by atoms with Crippen LogP contribution in [0, 0.1) is 20.2 Å². The fraction of sp³-hybridized carbons (Fsp3) is 0.222. The van der Waals surface area contributed by atoms with Crippen LogP contribution in [0.1, 0.15) is 41.5 Å². The first-order chi connectivity index (χ1) is 13.3. The van der Waals surface area contributed by atoms with Crippen LogP contribution in [-0.4, -0.2) is 31.5 Å². The fourth-order valence-electron chi connectivity index (χ4n) is 1.94. The topological polar surface area (TPSA) is 150 Å². The van der Waals surface area contributed by atoms with Crippen LogP contribution in [0.4, 0.5) is 11.4 Å². The van der Waals surface area contributed by atoms with Crippen molar-refractivity contribution in [2.45, 2.75) is 26.3 Å². The van der Waals surface area contributed by atoms with Gasteiger partial charge in [-0.25, -0.2) is 5.84 Å². The molecule has 0 saturated carbocycles. The SMILES string of the molecule is CC(C)(C)N(N)C(=O)c1cc([N+](=O)[O-])cc([N+](=O)[O-])c1.Cl.Cl.O=C(Cl)c1ccccc1. The number of nitrogens with zero attached hydrogens (tertiary/aromatic N) is 3. The van der Waals surface area contributed by atoms with Gasteiger partial charge in [0.15, 0.2) is 0 Å². The summed E-state index contributed by atoms with van der Waals surface area (Å²) in [6.07, 6.45) is 0. The summed E-state index contributed by atoms with van der Waals surface area (Å²) < 4.78 is 0. The number of hydrazine groups is 1. The Labute approximate surface area is 195 Å². The summed E-state index contributed by atoms with van der Waals surface area (Å²) in [7, 11) is 0. The van der Waals surface area contributed by atoms with Gasteiger partial charge < -0.3 is 0 Å². The molecule has 31 heavy (non-hydrogen) atoms. The van der Waals surface area contributed by atoms with Crippen LogP contribution in [0.2, 0.25) is 0 Å². The number of hydrogen-bond donors (Lipinski definition) is 1. The van der Waals surface area contributed by atoms with Gasteiger partial charge in [-0.05, 0) is 32.4 Å². The van der Waals surface area contributed by atoms with E-state index in [4.69, 9.17) is 17.4 Å². The van der Waals surface area contributed by atoms with Crippen molar-refractivity contribution >= 4 is 58.9 Å². The number of carbonyl (C=O) groups is 2. The van der Waals surface area contributed by atoms with E-state index in [2.05, 4.69) is 0 Å². The minimum atomic E-state index is -0.804. The standard InChI is InChI=1S/C11H14N4O5.C7H5ClO.2ClH/c1-11(2,3)13(12)10(16)7-4-8(14(17)18)6-9(5-7)15(19)20;8-7(9)6-4-2-1-3-5-6;;/h4-6H,12H2,1-3H3;1-5H;2*1H. The van der Waals surface area contributed by atoms with Gasteiger partial charge in [0.05, 0.1) is 27.0 Å². The molecule has 0 fully saturated rings. The predicted octanol–water partition coefficient (Wildman–Crippen LogP) is 4.53. The zero-order chi connectivity index (χ0) is 22.4. The fourth-order valence-corrected chi connectivity index (χ4v) is 2.07. The summed E-state index contributed by atoms with van der Waals surface area (Å²) in [6.45, 7) is 4.99. The molecule has 0 aliphatic carbocycles. The number of nitro benzene ring substituents is 2. The molecule has 2 aromatic rings. The van der Waals surface area contributed by atoms with Gasteiger partial charge in [0.25, 0.3) is 22.5 Å². The van der Waals surface area contributed by atoms with Gasteiger partial charge in [-0.15, -0.1) is 24.8 Å². The van der Waals surface area contributed by atoms with E-state index in [-0.39, 0.29) is 30.4 Å². The van der Waals surface area contributed by atoms with Crippen molar-refractivity contribution in [1.29, 1.82) is 0 Å². The molecule has 0 bridgehead atoms. The van der Waals surface area contributed by atoms with Gasteiger partial charge in [0, 0.05) is 17.7 Å². The Kier molecular flexibility index (Phi) is 12.6. The molecule has 0 spiro atoms. The third-order valence-electron chi connectivity index (χ3n) is 3.51. The summed E-state index contributed by atoms with van der Waals surface area (Å²) in [5.41, 5.74) is -1.46. The Morgan fingerprint density at radius 3 is 1.61 bits per heavy atom. The van der Waals surface area contributed by atoms with Gasteiger partial charge in [-0.3, -0.25) is 34.8 Å². The van der Waals surface area contributed by atoms with Crippen molar-refractivity contribution in [1.82, 2.24) is 5.01 Å². The van der Waals surface area contributed by atoms with E-state index in [1.54, 1.807) is 45.0 Å². The number of halogens is 3. The summed E-state index contributed by atoms with van der Waals surface area (Å²) in [5, 5.41) is 22.0. The van der Waals surface area contributed by atoms with E-state index in [1.165, 1.54) is 0 Å². The van der Waals surface area contributed by atoms with E-state index in [0.29, 0.717) is 5.56 Å². The van der Waals surface area contributed by atoms with Gasteiger partial charge >= 0.3 is 0 Å². The molecule has 170 valence electrons. The molecule has 1 amide bonds. The minimum absolute atomic E-state index is 0. The number of nitrogens with two attached hydrogens (primary N) is 1. The number of hydrogen-bond acceptors (Lipinski definition) is 7. The molecule has 0 unspecified atom stereocenters. The lowest BCUT2D eigenvalue weighted by Crippen LogP contribution is -2.50. The Bertz CT molecular complexity index is 903. The van der Waals surface area contributed by atoms with E-state index in [0.717, 1.165) is 23.2 Å². The highest BCUT2D eigenvalue weighted by molar-refractivity contribution is 6.67. The summed E-state index contributed by atoms with van der Waals surface area (Å²) >= 11 is 5.16. The third kappa shape index (κ3) is 9.26. The molecular weight excluding hydrogens is 475 g/mol. The van der Waals surface area contributed by atoms with Crippen LogP contribution >= 0.6 is 36.4 Å². The Balaban J connectivity index is 0. The maximum atomic E-state index is 12.1. The van der Waals surface area contributed by atoms with E-state index in [9.17, 15) is 29.8 Å². The Morgan fingerprint density at radius 2 is 1.32 bits per heavy atom. The third-order valence-corrected chi connectivity index (χ3v) is 3.73. The molecule has 0 radical (unpaired) electrons. The van der Waals surface area contributed by atoms with Gasteiger partial charge in [0.1, 0.15) is 0 Å². The second kappa shape index (κ2) is 12.8. The molecule has 0 aromatic heterocycles. The second-order valence-corrected chi connectivity index (χ2v) is 7.08. The number of non-ortho nitro benzene ring substituents is 2. The monoisotopic (exact) mass is 494 g/mol. The molecule has 10 nitrogen and oxygen atoms in total. The minimum Gasteiger partial charge on any atom is -0.276 e. The quantitative estimate of drug-likeness (QED) is 0.215. The maximum Gasteiger partial charge on any atom is 0.277 e. The highest BCUT2D eigenvalue weighted by Crippen LogP contribution is 2.24. The smallest absolute Gasteiger partial charge is 0.276 e. The van der Waals surface area contributed by atoms with Crippen LogP contribution in [0.5, 0.6) is 0 Å². The van der Waals surface area contributed by atoms with Crippen LogP contribution in [0.15, 0.2) is 48.5 Å². The highest BCUT2D eigenvalue weighted by atomic mass is 35.5. The average molecular weight is 496 g/mol. The lowest BCUT2D eigenvalue weighted by Gasteiger charge is -2.30. The number of rotatable bonds is 4. The van der Waals surface area contributed by atoms with Gasteiger partial charge in [-0.1, -0.05) is 30.3 Å². The second-order valence-electron chi connectivity index (χ2n) is 6.74. The van der Waals surface area contributed by atoms with Crippen molar-refractivity contribution in [2.75, 3.05) is 0 Å². The molecule has 13 heteroatoms. The van der Waals surface area contributed by atoms with Crippen molar-refractivity contribution in [2.24, 2.45) is 5.84 Å². The zero-order valence-corrected chi connectivity index (χ0v) is 19.1. The Hall–Kier alpha value is -2.79. The normalized spacial score (nSPS) is 9.71. The number of amides is 1. The molecular formula is C18H21Cl3N4O6. The first kappa shape index (κ1) is 30.4. The lowest BCUT2D eigenvalue weighted by atomic mass is 10.1. The molecule has 0 saturated heterocycles. The zero-order valence-electron chi connectivity index (χ0n) is 16.7. The van der Waals surface area contributed by atoms with Crippen LogP contribution in [0.3, 0.4) is 0 Å². The summed E-state index contributed by atoms with van der Waals surface area (Å²) in [5.74, 6) is 4.89. The van der Waals surface area contributed by atoms with Crippen LogP contribution in [-0.2, 0) is 0 Å². The molecule has 2 aromatic carbocycles. The number of benzene rings is 2. The van der Waals surface area contributed by atoms with Crippen molar-refractivity contribution in [3.8, 4) is 0 Å². The average Bonchev–Trinajstić information content (AvgIpc) is 2.66. The van der Waals surface area contributed by atoms with E-state index < -0.39 is 37.9 Å². The van der Waals surface area contributed by atoms with Gasteiger partial charge in [0.2, 0.25) is 0 Å². The largest absolute Gasteiger partial charge is 0.277 e. The van der Waals surface area contributed by atoms with Crippen molar-refractivity contribution < 1.29 is 19.4 Å². The first-order valence-electron chi connectivity index (χ1n) is 8.12. The van der Waals surface area contributed by atoms with Crippen LogP contribution < -0.4 is 5.84 Å². The van der Waals surface area contributed by atoms with Crippen molar-refractivity contribution in [3.05, 3.63) is 79.9 Å². The van der Waals surface area contributed by atoms with E-state index >= 15 is 0 Å². The maximum absolute atomic E-state index is 12.1. The number of nitro groups is 2.